The fourth-order valence-electron chi connectivity index (χ4n) is 4.29. The van der Waals surface area contributed by atoms with Crippen molar-refractivity contribution in [3.05, 3.63) is 46.8 Å². The predicted molar refractivity (Wildman–Crippen MR) is 117 cm³/mol. The Morgan fingerprint density at radius 1 is 0.862 bits per heavy atom. The van der Waals surface area contributed by atoms with Crippen LogP contribution >= 0.6 is 0 Å². The quantitative estimate of drug-likeness (QED) is 0.800. The van der Waals surface area contributed by atoms with Gasteiger partial charge in [-0.25, -0.2) is 9.97 Å². The summed E-state index contributed by atoms with van der Waals surface area (Å²) in [6.45, 7) is 11.4. The monoisotopic (exact) mass is 393 g/mol. The lowest BCUT2D eigenvalue weighted by atomic mass is 10.1. The van der Waals surface area contributed by atoms with Crippen LogP contribution < -0.4 is 9.80 Å². The first-order valence-corrected chi connectivity index (χ1v) is 10.7. The molecule has 2 fully saturated rings. The van der Waals surface area contributed by atoms with E-state index in [1.165, 1.54) is 36.1 Å². The number of rotatable bonds is 3. The third-order valence-electron chi connectivity index (χ3n) is 6.18. The van der Waals surface area contributed by atoms with Crippen molar-refractivity contribution in [1.82, 2.24) is 14.9 Å². The summed E-state index contributed by atoms with van der Waals surface area (Å²) in [6.07, 6.45) is 3.60. The minimum atomic E-state index is 0.0226. The summed E-state index contributed by atoms with van der Waals surface area (Å²) >= 11 is 0. The fourth-order valence-corrected chi connectivity index (χ4v) is 4.29. The molecule has 29 heavy (non-hydrogen) atoms. The predicted octanol–water partition coefficient (Wildman–Crippen LogP) is 3.35. The van der Waals surface area contributed by atoms with Gasteiger partial charge in [0.2, 0.25) is 5.95 Å². The zero-order chi connectivity index (χ0) is 20.4. The molecule has 154 valence electrons. The summed E-state index contributed by atoms with van der Waals surface area (Å²) in [5, 5.41) is 0. The van der Waals surface area contributed by atoms with Crippen LogP contribution in [-0.2, 0) is 0 Å². The molecular weight excluding hydrogens is 362 g/mol. The van der Waals surface area contributed by atoms with Crippen molar-refractivity contribution in [3.8, 4) is 0 Å². The van der Waals surface area contributed by atoms with Gasteiger partial charge in [-0.2, -0.15) is 0 Å². The van der Waals surface area contributed by atoms with E-state index in [2.05, 4.69) is 51.8 Å². The van der Waals surface area contributed by atoms with Crippen molar-refractivity contribution in [1.29, 1.82) is 0 Å². The van der Waals surface area contributed by atoms with Gasteiger partial charge in [-0.1, -0.05) is 12.1 Å². The van der Waals surface area contributed by atoms with Crippen LogP contribution in [0.4, 0.5) is 11.6 Å². The van der Waals surface area contributed by atoms with Crippen LogP contribution in [0.15, 0.2) is 24.3 Å². The van der Waals surface area contributed by atoms with Gasteiger partial charge in [0, 0.05) is 50.6 Å². The molecule has 0 unspecified atom stereocenters. The Bertz CT molecular complexity index is 883. The molecule has 0 saturated carbocycles. The number of hydrogen-bond donors (Lipinski definition) is 0. The van der Waals surface area contributed by atoms with E-state index in [0.717, 1.165) is 31.9 Å². The van der Waals surface area contributed by atoms with E-state index in [-0.39, 0.29) is 5.91 Å². The number of anilines is 2. The van der Waals surface area contributed by atoms with Gasteiger partial charge in [0.05, 0.1) is 0 Å². The first kappa shape index (κ1) is 19.7. The van der Waals surface area contributed by atoms with Crippen LogP contribution in [0, 0.1) is 20.8 Å². The van der Waals surface area contributed by atoms with Gasteiger partial charge >= 0.3 is 0 Å². The van der Waals surface area contributed by atoms with Crippen molar-refractivity contribution < 1.29 is 4.79 Å². The smallest absolute Gasteiger partial charge is 0.272 e. The lowest BCUT2D eigenvalue weighted by Crippen LogP contribution is -2.49. The van der Waals surface area contributed by atoms with Crippen molar-refractivity contribution in [2.45, 2.75) is 40.0 Å². The molecule has 2 aliphatic rings. The topological polar surface area (TPSA) is 52.6 Å². The molecular formula is C23H31N5O. The molecule has 4 rings (SSSR count). The fraction of sp³-hybridized carbons (Fsp3) is 0.522. The molecule has 0 aliphatic carbocycles. The lowest BCUT2D eigenvalue weighted by molar-refractivity contribution is 0.0740. The van der Waals surface area contributed by atoms with Gasteiger partial charge in [0.25, 0.3) is 5.91 Å². The molecule has 1 aromatic heterocycles. The summed E-state index contributed by atoms with van der Waals surface area (Å²) in [5.74, 6) is 0.733. The van der Waals surface area contributed by atoms with Gasteiger partial charge < -0.3 is 14.7 Å². The first-order chi connectivity index (χ1) is 14.0. The largest absolute Gasteiger partial charge is 0.368 e. The molecule has 2 aromatic rings. The second-order valence-electron chi connectivity index (χ2n) is 8.24. The molecule has 2 aliphatic heterocycles. The molecule has 0 radical (unpaired) electrons. The number of carbonyl (C=O) groups is 1. The van der Waals surface area contributed by atoms with Crippen molar-refractivity contribution >= 4 is 17.5 Å². The Balaban J connectivity index is 1.45. The maximum absolute atomic E-state index is 13.1. The summed E-state index contributed by atoms with van der Waals surface area (Å²) < 4.78 is 0. The van der Waals surface area contributed by atoms with E-state index in [1.807, 2.05) is 17.9 Å². The van der Waals surface area contributed by atoms with Crippen LogP contribution in [0.2, 0.25) is 0 Å². The number of amides is 1. The average Bonchev–Trinajstić information content (AvgIpc) is 2.75. The number of piperidine rings is 1. The van der Waals surface area contributed by atoms with E-state index in [1.54, 1.807) is 0 Å². The van der Waals surface area contributed by atoms with Crippen LogP contribution in [0.3, 0.4) is 0 Å². The average molecular weight is 394 g/mol. The summed E-state index contributed by atoms with van der Waals surface area (Å²) in [7, 11) is 0. The second kappa shape index (κ2) is 8.39. The number of carbonyl (C=O) groups excluding carboxylic acids is 1. The maximum Gasteiger partial charge on any atom is 0.272 e. The third kappa shape index (κ3) is 4.21. The molecule has 2 saturated heterocycles. The van der Waals surface area contributed by atoms with Crippen molar-refractivity contribution in [2.75, 3.05) is 49.1 Å². The Morgan fingerprint density at radius 2 is 1.59 bits per heavy atom. The Labute approximate surface area is 173 Å². The van der Waals surface area contributed by atoms with E-state index < -0.39 is 0 Å². The first-order valence-electron chi connectivity index (χ1n) is 10.7. The molecule has 0 spiro atoms. The number of aromatic nitrogens is 2. The second-order valence-corrected chi connectivity index (χ2v) is 8.24. The Hall–Kier alpha value is -2.63. The molecule has 6 heteroatoms. The highest BCUT2D eigenvalue weighted by Crippen LogP contribution is 2.24. The SMILES string of the molecule is Cc1cc(C(=O)N2CCN(c3cccc(C)c3C)CC2)nc(N2CCCCC2)n1. The van der Waals surface area contributed by atoms with Gasteiger partial charge in [0.15, 0.2) is 0 Å². The normalized spacial score (nSPS) is 17.6. The molecule has 1 aromatic carbocycles. The van der Waals surface area contributed by atoms with E-state index >= 15 is 0 Å². The van der Waals surface area contributed by atoms with Gasteiger partial charge in [-0.15, -0.1) is 0 Å². The minimum absolute atomic E-state index is 0.0226. The van der Waals surface area contributed by atoms with E-state index in [4.69, 9.17) is 0 Å². The number of hydrogen-bond acceptors (Lipinski definition) is 5. The summed E-state index contributed by atoms with van der Waals surface area (Å²) in [4.78, 5) is 28.9. The van der Waals surface area contributed by atoms with Gasteiger partial charge in [-0.05, 0) is 63.3 Å². The summed E-state index contributed by atoms with van der Waals surface area (Å²) in [6, 6.07) is 8.27. The minimum Gasteiger partial charge on any atom is -0.368 e. The highest BCUT2D eigenvalue weighted by atomic mass is 16.2. The molecule has 0 atom stereocenters. The Kier molecular flexibility index (Phi) is 5.69. The van der Waals surface area contributed by atoms with E-state index in [0.29, 0.717) is 24.7 Å². The van der Waals surface area contributed by atoms with Crippen LogP contribution in [0.25, 0.3) is 0 Å². The zero-order valence-corrected chi connectivity index (χ0v) is 17.8. The zero-order valence-electron chi connectivity index (χ0n) is 17.8. The molecule has 3 heterocycles. The molecule has 0 bridgehead atoms. The molecule has 0 N–H and O–H groups in total. The highest BCUT2D eigenvalue weighted by Gasteiger charge is 2.25. The third-order valence-corrected chi connectivity index (χ3v) is 6.18. The van der Waals surface area contributed by atoms with Crippen LogP contribution in [0.5, 0.6) is 0 Å². The van der Waals surface area contributed by atoms with Gasteiger partial charge in [0.1, 0.15) is 5.69 Å². The van der Waals surface area contributed by atoms with Crippen molar-refractivity contribution in [2.24, 2.45) is 0 Å². The molecule has 6 nitrogen and oxygen atoms in total. The number of piperazine rings is 1. The van der Waals surface area contributed by atoms with Crippen LogP contribution in [0.1, 0.15) is 46.6 Å². The maximum atomic E-state index is 13.1. The highest BCUT2D eigenvalue weighted by molar-refractivity contribution is 5.93. The van der Waals surface area contributed by atoms with Gasteiger partial charge in [-0.3, -0.25) is 4.79 Å². The Morgan fingerprint density at radius 3 is 2.31 bits per heavy atom. The van der Waals surface area contributed by atoms with E-state index in [9.17, 15) is 4.79 Å². The molecule has 1 amide bonds. The van der Waals surface area contributed by atoms with Crippen LogP contribution in [-0.4, -0.2) is 60.0 Å². The lowest BCUT2D eigenvalue weighted by Gasteiger charge is -2.37. The number of benzene rings is 1. The number of nitrogens with zero attached hydrogens (tertiary/aromatic N) is 5. The standard InChI is InChI=1S/C23H31N5O/c1-17-8-7-9-21(19(17)3)26-12-14-27(15-13-26)22(29)20-16-18(2)24-23(25-20)28-10-5-4-6-11-28/h7-9,16H,4-6,10-15H2,1-3H3. The summed E-state index contributed by atoms with van der Waals surface area (Å²) in [5.41, 5.74) is 5.30. The van der Waals surface area contributed by atoms with Crippen molar-refractivity contribution in [3.63, 3.8) is 0 Å². The number of aryl methyl sites for hydroxylation is 2.